The van der Waals surface area contributed by atoms with Crippen molar-refractivity contribution in [2.45, 2.75) is 41.7 Å². The first-order valence-electron chi connectivity index (χ1n) is 6.70. The topological polar surface area (TPSA) is 102 Å². The zero-order valence-corrected chi connectivity index (χ0v) is 14.5. The van der Waals surface area contributed by atoms with Gasteiger partial charge in [-0.2, -0.15) is 8.42 Å². The summed E-state index contributed by atoms with van der Waals surface area (Å²) in [6.45, 7) is 4.13. The molecule has 0 aromatic heterocycles. The number of nitrogens with two attached hydrogens (primary N) is 1. The first kappa shape index (κ1) is 17.1. The highest BCUT2D eigenvalue weighted by Crippen LogP contribution is 2.39. The third-order valence-corrected chi connectivity index (χ3v) is 6.55. The molecular weight excluding hydrogens is 346 g/mol. The molecule has 0 spiro atoms. The summed E-state index contributed by atoms with van der Waals surface area (Å²) in [4.78, 5) is 11.8. The fourth-order valence-electron chi connectivity index (χ4n) is 2.00. The van der Waals surface area contributed by atoms with Crippen molar-refractivity contribution in [3.05, 3.63) is 17.2 Å². The summed E-state index contributed by atoms with van der Waals surface area (Å²) in [7, 11) is -3.97. The van der Waals surface area contributed by atoms with Gasteiger partial charge in [-0.1, -0.05) is 25.4 Å². The number of carbonyl (C=O) groups excluding carboxylic acids is 1. The van der Waals surface area contributed by atoms with E-state index in [9.17, 15) is 13.2 Å². The number of amides is 1. The van der Waals surface area contributed by atoms with E-state index in [1.54, 1.807) is 0 Å². The lowest BCUT2D eigenvalue weighted by molar-refractivity contribution is -0.112. The highest BCUT2D eigenvalue weighted by atomic mass is 35.5. The summed E-state index contributed by atoms with van der Waals surface area (Å²) in [5.74, 6) is -1.36. The van der Waals surface area contributed by atoms with E-state index in [4.69, 9.17) is 17.3 Å². The van der Waals surface area contributed by atoms with E-state index in [2.05, 4.69) is 23.6 Å². The number of halogens is 1. The molecule has 120 valence electrons. The van der Waals surface area contributed by atoms with Crippen molar-refractivity contribution in [2.75, 3.05) is 5.32 Å². The molecule has 1 aliphatic heterocycles. The molecule has 1 aliphatic rings. The average molecular weight is 362 g/mol. The molecule has 0 fully saturated rings. The number of hydrogen-bond donors (Lipinski definition) is 2. The Hall–Kier alpha value is -1.25. The Morgan fingerprint density at radius 3 is 2.59 bits per heavy atom. The number of carbonyl (C=O) groups is 1. The second kappa shape index (κ2) is 6.47. The Morgan fingerprint density at radius 1 is 1.41 bits per heavy atom. The molecule has 1 heterocycles. The van der Waals surface area contributed by atoms with Gasteiger partial charge in [-0.05, 0) is 25.0 Å². The van der Waals surface area contributed by atoms with E-state index in [0.29, 0.717) is 15.2 Å². The Kier molecular flexibility index (Phi) is 5.03. The van der Waals surface area contributed by atoms with E-state index in [1.807, 2.05) is 0 Å². The number of nitrogens with zero attached hydrogens (tertiary/aromatic N) is 1. The van der Waals surface area contributed by atoms with Gasteiger partial charge in [0.1, 0.15) is 4.90 Å². The van der Waals surface area contributed by atoms with Crippen LogP contribution in [0.1, 0.15) is 26.7 Å². The summed E-state index contributed by atoms with van der Waals surface area (Å²) >= 11 is 7.76. The van der Waals surface area contributed by atoms with Crippen LogP contribution in [0.2, 0.25) is 5.02 Å². The number of nitrogens with one attached hydrogen (secondary N) is 1. The van der Waals surface area contributed by atoms with Crippen LogP contribution in [0.15, 0.2) is 26.3 Å². The van der Waals surface area contributed by atoms with E-state index in [1.165, 1.54) is 23.9 Å². The molecule has 1 aromatic carbocycles. The zero-order valence-electron chi connectivity index (χ0n) is 12.1. The van der Waals surface area contributed by atoms with Gasteiger partial charge in [0.25, 0.3) is 15.9 Å². The van der Waals surface area contributed by atoms with Crippen LogP contribution in [0.3, 0.4) is 0 Å². The largest absolute Gasteiger partial charge is 0.363 e. The van der Waals surface area contributed by atoms with Gasteiger partial charge in [0, 0.05) is 10.1 Å². The molecule has 0 saturated heterocycles. The Labute approximate surface area is 138 Å². The number of amidine groups is 1. The highest BCUT2D eigenvalue weighted by Gasteiger charge is 2.28. The number of sulfonamides is 1. The van der Waals surface area contributed by atoms with Crippen LogP contribution in [0.25, 0.3) is 0 Å². The maximum atomic E-state index is 12.2. The van der Waals surface area contributed by atoms with Crippen molar-refractivity contribution in [3.8, 4) is 0 Å². The molecule has 9 heteroatoms. The molecule has 0 atom stereocenters. The normalized spacial score (nSPS) is 15.9. The third kappa shape index (κ3) is 3.39. The summed E-state index contributed by atoms with van der Waals surface area (Å²) in [5.41, 5.74) is 5.29. The molecule has 0 aliphatic carbocycles. The minimum atomic E-state index is -3.97. The maximum absolute atomic E-state index is 12.2. The molecule has 0 radical (unpaired) electrons. The van der Waals surface area contributed by atoms with Crippen molar-refractivity contribution in [1.82, 2.24) is 0 Å². The van der Waals surface area contributed by atoms with Crippen LogP contribution in [-0.2, 0) is 14.8 Å². The number of primary amides is 1. The van der Waals surface area contributed by atoms with E-state index in [-0.39, 0.29) is 10.6 Å². The second-order valence-corrected chi connectivity index (χ2v) is 8.06. The summed E-state index contributed by atoms with van der Waals surface area (Å²) in [6.07, 6.45) is 1.90. The van der Waals surface area contributed by atoms with Gasteiger partial charge in [0.05, 0.1) is 10.7 Å². The SMILES string of the molecule is CCC(CC)Sc1cc2c(cc1Cl)NC(C(N)=O)=NS2(=O)=O. The molecule has 22 heavy (non-hydrogen) atoms. The Balaban J connectivity index is 2.49. The molecule has 6 nitrogen and oxygen atoms in total. The van der Waals surface area contributed by atoms with Gasteiger partial charge in [0.2, 0.25) is 5.84 Å². The fraction of sp³-hybridized carbons (Fsp3) is 0.385. The van der Waals surface area contributed by atoms with Crippen molar-refractivity contribution in [2.24, 2.45) is 10.1 Å². The second-order valence-electron chi connectivity index (χ2n) is 4.74. The lowest BCUT2D eigenvalue weighted by Crippen LogP contribution is -2.33. The number of thioether (sulfide) groups is 1. The van der Waals surface area contributed by atoms with Gasteiger partial charge in [-0.3, -0.25) is 4.79 Å². The van der Waals surface area contributed by atoms with Gasteiger partial charge >= 0.3 is 0 Å². The molecule has 0 unspecified atom stereocenters. The standard InChI is InChI=1S/C13H16ClN3O3S2/c1-3-7(4-2)21-10-6-11-9(5-8(10)14)16-13(12(15)18)17-22(11,19)20/h5-7H,3-4H2,1-2H3,(H2,15,18)(H,16,17). The number of hydrogen-bond acceptors (Lipinski definition) is 5. The average Bonchev–Trinajstić information content (AvgIpc) is 2.44. The lowest BCUT2D eigenvalue weighted by atomic mass is 10.3. The smallest absolute Gasteiger partial charge is 0.286 e. The molecular formula is C13H16ClN3O3S2. The van der Waals surface area contributed by atoms with Gasteiger partial charge in [-0.15, -0.1) is 16.2 Å². The number of fused-ring (bicyclic) bond motifs is 1. The van der Waals surface area contributed by atoms with Gasteiger partial charge in [0.15, 0.2) is 0 Å². The number of anilines is 1. The molecule has 1 amide bonds. The molecule has 0 saturated carbocycles. The monoisotopic (exact) mass is 361 g/mol. The predicted octanol–water partition coefficient (Wildman–Crippen LogP) is 2.62. The van der Waals surface area contributed by atoms with Crippen LogP contribution in [-0.4, -0.2) is 25.4 Å². The zero-order chi connectivity index (χ0) is 16.5. The van der Waals surface area contributed by atoms with Crippen molar-refractivity contribution < 1.29 is 13.2 Å². The van der Waals surface area contributed by atoms with Crippen LogP contribution >= 0.6 is 23.4 Å². The minimum absolute atomic E-state index is 0.00430. The quantitative estimate of drug-likeness (QED) is 0.785. The van der Waals surface area contributed by atoms with E-state index in [0.717, 1.165) is 12.8 Å². The summed E-state index contributed by atoms with van der Waals surface area (Å²) < 4.78 is 27.8. The first-order valence-corrected chi connectivity index (χ1v) is 9.40. The third-order valence-electron chi connectivity index (χ3n) is 3.21. The predicted molar refractivity (Wildman–Crippen MR) is 89.1 cm³/mol. The van der Waals surface area contributed by atoms with Gasteiger partial charge < -0.3 is 11.1 Å². The lowest BCUT2D eigenvalue weighted by Gasteiger charge is -2.19. The Morgan fingerprint density at radius 2 is 2.05 bits per heavy atom. The van der Waals surface area contributed by atoms with Gasteiger partial charge in [-0.25, -0.2) is 0 Å². The van der Waals surface area contributed by atoms with Crippen molar-refractivity contribution in [1.29, 1.82) is 0 Å². The minimum Gasteiger partial charge on any atom is -0.363 e. The summed E-state index contributed by atoms with van der Waals surface area (Å²) in [6, 6.07) is 2.97. The van der Waals surface area contributed by atoms with Crippen LogP contribution < -0.4 is 11.1 Å². The first-order chi connectivity index (χ1) is 10.3. The van der Waals surface area contributed by atoms with Crippen LogP contribution in [0.4, 0.5) is 5.69 Å². The molecule has 0 bridgehead atoms. The van der Waals surface area contributed by atoms with Crippen molar-refractivity contribution in [3.63, 3.8) is 0 Å². The molecule has 1 aromatic rings. The molecule has 3 N–H and O–H groups in total. The highest BCUT2D eigenvalue weighted by molar-refractivity contribution is 8.00. The van der Waals surface area contributed by atoms with Crippen LogP contribution in [0, 0.1) is 0 Å². The van der Waals surface area contributed by atoms with Crippen molar-refractivity contribution >= 4 is 50.8 Å². The number of rotatable bonds is 5. The maximum Gasteiger partial charge on any atom is 0.286 e. The Bertz CT molecular complexity index is 743. The number of benzene rings is 1. The van der Waals surface area contributed by atoms with E-state index < -0.39 is 21.8 Å². The molecule has 2 rings (SSSR count). The van der Waals surface area contributed by atoms with Crippen LogP contribution in [0.5, 0.6) is 0 Å². The fourth-order valence-corrected chi connectivity index (χ4v) is 4.55. The summed E-state index contributed by atoms with van der Waals surface area (Å²) in [5, 5.41) is 3.37. The van der Waals surface area contributed by atoms with E-state index >= 15 is 0 Å².